The van der Waals surface area contributed by atoms with E-state index in [-0.39, 0.29) is 35.8 Å². The molecule has 3 fully saturated rings. The second-order valence-corrected chi connectivity index (χ2v) is 12.3. The third-order valence-corrected chi connectivity index (χ3v) is 9.47. The summed E-state index contributed by atoms with van der Waals surface area (Å²) in [5.41, 5.74) is 0. The quantitative estimate of drug-likeness (QED) is 0.170. The van der Waals surface area contributed by atoms with Crippen LogP contribution in [0.3, 0.4) is 0 Å². The van der Waals surface area contributed by atoms with Gasteiger partial charge in [0.2, 0.25) is 0 Å². The molecular weight excluding hydrogens is 538 g/mol. The number of rotatable bonds is 10. The average molecular weight is 582 g/mol. The minimum absolute atomic E-state index is 0.0963. The highest BCUT2D eigenvalue weighted by molar-refractivity contribution is 8.01. The van der Waals surface area contributed by atoms with E-state index < -0.39 is 11.9 Å². The zero-order valence-corrected chi connectivity index (χ0v) is 24.9. The Morgan fingerprint density at radius 1 is 0.780 bits per heavy atom. The van der Waals surface area contributed by atoms with Crippen molar-refractivity contribution >= 4 is 29.7 Å². The first kappa shape index (κ1) is 32.6. The molecule has 222 valence electrons. The van der Waals surface area contributed by atoms with Gasteiger partial charge < -0.3 is 14.2 Å². The predicted molar refractivity (Wildman–Crippen MR) is 161 cm³/mol. The standard InChI is InChI=1S/C33H43NO6S/c1-5-26-19-24(12-9-23-10-13-25(14-11-23)20-38-31(35)6-2)15-16-27(26)17-18-30-34-28(21-39-32(36)7-3)29(41-30)22-40-33(37)8-4/h6-8,23-30,34H,2-5,10-11,13-16,19-22H2,1H3. The minimum atomic E-state index is -0.488. The van der Waals surface area contributed by atoms with Crippen LogP contribution in [0.15, 0.2) is 38.0 Å². The van der Waals surface area contributed by atoms with Crippen LogP contribution < -0.4 is 5.32 Å². The second kappa shape index (κ2) is 17.1. The van der Waals surface area contributed by atoms with Crippen molar-refractivity contribution in [3.05, 3.63) is 38.0 Å². The van der Waals surface area contributed by atoms with Crippen molar-refractivity contribution in [3.63, 3.8) is 0 Å². The monoisotopic (exact) mass is 581 g/mol. The van der Waals surface area contributed by atoms with Gasteiger partial charge in [-0.05, 0) is 56.8 Å². The Hall–Kier alpha value is -2.94. The van der Waals surface area contributed by atoms with Crippen molar-refractivity contribution in [2.24, 2.45) is 29.6 Å². The molecule has 0 aromatic carbocycles. The highest BCUT2D eigenvalue weighted by Gasteiger charge is 2.36. The number of hydrogen-bond donors (Lipinski definition) is 1. The maximum Gasteiger partial charge on any atom is 0.330 e. The van der Waals surface area contributed by atoms with Gasteiger partial charge in [0.1, 0.15) is 18.6 Å². The molecule has 3 aliphatic rings. The van der Waals surface area contributed by atoms with Crippen LogP contribution in [0.25, 0.3) is 0 Å². The Bertz CT molecular complexity index is 1040. The maximum atomic E-state index is 11.6. The number of thioether (sulfide) groups is 1. The van der Waals surface area contributed by atoms with Crippen molar-refractivity contribution in [3.8, 4) is 23.7 Å². The van der Waals surface area contributed by atoms with Crippen LogP contribution in [0, 0.1) is 53.3 Å². The summed E-state index contributed by atoms with van der Waals surface area (Å²) in [6.45, 7) is 13.4. The van der Waals surface area contributed by atoms with Gasteiger partial charge in [-0.1, -0.05) is 56.8 Å². The molecule has 2 aliphatic carbocycles. The summed E-state index contributed by atoms with van der Waals surface area (Å²) in [4.78, 5) is 34.5. The zero-order valence-electron chi connectivity index (χ0n) is 24.1. The van der Waals surface area contributed by atoms with Gasteiger partial charge in [0.25, 0.3) is 0 Å². The smallest absolute Gasteiger partial charge is 0.330 e. The molecule has 1 aliphatic heterocycles. The van der Waals surface area contributed by atoms with E-state index in [0.717, 1.165) is 63.5 Å². The van der Waals surface area contributed by atoms with Crippen LogP contribution in [0.2, 0.25) is 0 Å². The lowest BCUT2D eigenvalue weighted by atomic mass is 9.73. The lowest BCUT2D eigenvalue weighted by Crippen LogP contribution is -2.39. The molecule has 1 heterocycles. The fourth-order valence-corrected chi connectivity index (χ4v) is 6.87. The van der Waals surface area contributed by atoms with Gasteiger partial charge in [0.15, 0.2) is 0 Å². The molecule has 3 rings (SSSR count). The van der Waals surface area contributed by atoms with Crippen LogP contribution in [0.1, 0.15) is 58.3 Å². The minimum Gasteiger partial charge on any atom is -0.462 e. The fraction of sp³-hybridized carbons (Fsp3) is 0.606. The highest BCUT2D eigenvalue weighted by atomic mass is 32.2. The summed E-state index contributed by atoms with van der Waals surface area (Å²) in [5.74, 6) is 14.9. The van der Waals surface area contributed by atoms with Gasteiger partial charge in [0, 0.05) is 36.0 Å². The fourth-order valence-electron chi connectivity index (χ4n) is 5.64. The summed E-state index contributed by atoms with van der Waals surface area (Å²) in [5, 5.41) is 3.19. The summed E-state index contributed by atoms with van der Waals surface area (Å²) in [7, 11) is 0. The van der Waals surface area contributed by atoms with E-state index in [1.807, 2.05) is 0 Å². The molecule has 8 heteroatoms. The summed E-state index contributed by atoms with van der Waals surface area (Å²) < 4.78 is 15.7. The third-order valence-electron chi connectivity index (χ3n) is 8.13. The largest absolute Gasteiger partial charge is 0.462 e. The maximum absolute atomic E-state index is 11.6. The van der Waals surface area contributed by atoms with E-state index >= 15 is 0 Å². The van der Waals surface area contributed by atoms with Crippen molar-refractivity contribution in [2.45, 2.75) is 75.0 Å². The van der Waals surface area contributed by atoms with Crippen LogP contribution >= 0.6 is 11.8 Å². The van der Waals surface area contributed by atoms with E-state index in [4.69, 9.17) is 14.2 Å². The number of carbonyl (C=O) groups is 3. The molecule has 6 unspecified atom stereocenters. The molecule has 7 nitrogen and oxygen atoms in total. The van der Waals surface area contributed by atoms with Gasteiger partial charge >= 0.3 is 17.9 Å². The number of nitrogens with one attached hydrogen (secondary N) is 1. The van der Waals surface area contributed by atoms with Gasteiger partial charge in [-0.15, -0.1) is 11.8 Å². The SMILES string of the molecule is C=CC(=O)OCC1CCC(C#CC2CCC(C#CC3NC(COC(=O)C=C)C(COC(=O)C=C)S3)C(CC)C2)CC1. The highest BCUT2D eigenvalue weighted by Crippen LogP contribution is 2.36. The van der Waals surface area contributed by atoms with E-state index in [1.54, 1.807) is 11.8 Å². The normalized spacial score (nSPS) is 30.8. The molecular formula is C33H43NO6S. The first-order valence-electron chi connectivity index (χ1n) is 14.7. The molecule has 0 spiro atoms. The molecule has 0 aromatic heterocycles. The van der Waals surface area contributed by atoms with Crippen LogP contribution in [0.5, 0.6) is 0 Å². The summed E-state index contributed by atoms with van der Waals surface area (Å²) >= 11 is 1.59. The molecule has 2 saturated carbocycles. The van der Waals surface area contributed by atoms with E-state index in [2.05, 4.69) is 55.7 Å². The van der Waals surface area contributed by atoms with E-state index in [1.165, 1.54) is 6.08 Å². The van der Waals surface area contributed by atoms with Crippen molar-refractivity contribution in [1.82, 2.24) is 5.32 Å². The first-order valence-corrected chi connectivity index (χ1v) is 15.6. The van der Waals surface area contributed by atoms with Crippen molar-refractivity contribution in [2.75, 3.05) is 19.8 Å². The van der Waals surface area contributed by atoms with Crippen LogP contribution in [-0.2, 0) is 28.6 Å². The molecule has 0 aromatic rings. The summed E-state index contributed by atoms with van der Waals surface area (Å²) in [6.07, 6.45) is 11.9. The van der Waals surface area contributed by atoms with Gasteiger partial charge in [-0.2, -0.15) is 0 Å². The molecule has 41 heavy (non-hydrogen) atoms. The summed E-state index contributed by atoms with van der Waals surface area (Å²) in [6, 6.07) is -0.189. The third kappa shape index (κ3) is 10.8. The molecule has 1 N–H and O–H groups in total. The number of hydrogen-bond acceptors (Lipinski definition) is 8. The number of esters is 3. The molecule has 0 bridgehead atoms. The zero-order chi connectivity index (χ0) is 29.6. The first-order chi connectivity index (χ1) is 19.8. The van der Waals surface area contributed by atoms with Gasteiger partial charge in [-0.3, -0.25) is 5.32 Å². The lowest BCUT2D eigenvalue weighted by Gasteiger charge is -2.31. The van der Waals surface area contributed by atoms with Crippen molar-refractivity contribution in [1.29, 1.82) is 0 Å². The predicted octanol–water partition coefficient (Wildman–Crippen LogP) is 4.83. The van der Waals surface area contributed by atoms with E-state index in [9.17, 15) is 14.4 Å². The van der Waals surface area contributed by atoms with Gasteiger partial charge in [0.05, 0.1) is 17.9 Å². The molecule has 0 amide bonds. The Morgan fingerprint density at radius 3 is 2.00 bits per heavy atom. The lowest BCUT2D eigenvalue weighted by molar-refractivity contribution is -0.140. The van der Waals surface area contributed by atoms with Gasteiger partial charge in [-0.25, -0.2) is 14.4 Å². The average Bonchev–Trinajstić information content (AvgIpc) is 3.41. The second-order valence-electron chi connectivity index (χ2n) is 10.9. The van der Waals surface area contributed by atoms with E-state index in [0.29, 0.717) is 36.2 Å². The van der Waals surface area contributed by atoms with Crippen LogP contribution in [-0.4, -0.2) is 54.4 Å². The number of ether oxygens (including phenoxy) is 3. The Kier molecular flexibility index (Phi) is 13.6. The van der Waals surface area contributed by atoms with Crippen molar-refractivity contribution < 1.29 is 28.6 Å². The molecule has 1 saturated heterocycles. The topological polar surface area (TPSA) is 90.9 Å². The Morgan fingerprint density at radius 2 is 1.37 bits per heavy atom. The Labute approximate surface area is 249 Å². The Balaban J connectivity index is 1.50. The molecule has 6 atom stereocenters. The molecule has 0 radical (unpaired) electrons. The van der Waals surface area contributed by atoms with Crippen LogP contribution in [0.4, 0.5) is 0 Å². The number of carbonyl (C=O) groups excluding carboxylic acids is 3.